The molecule has 0 saturated carbocycles. The molecule has 108 valence electrons. The first-order chi connectivity index (χ1) is 8.86. The van der Waals surface area contributed by atoms with Crippen LogP contribution in [0.3, 0.4) is 0 Å². The van der Waals surface area contributed by atoms with E-state index in [4.69, 9.17) is 4.98 Å². The normalized spacial score (nSPS) is 11.9. The van der Waals surface area contributed by atoms with Crippen molar-refractivity contribution in [1.29, 1.82) is 0 Å². The van der Waals surface area contributed by atoms with E-state index in [2.05, 4.69) is 70.1 Å². The Kier molecular flexibility index (Phi) is 5.80. The van der Waals surface area contributed by atoms with E-state index < -0.39 is 0 Å². The Hall–Kier alpha value is -1.09. The highest BCUT2D eigenvalue weighted by atomic mass is 15.2. The van der Waals surface area contributed by atoms with Crippen LogP contribution in [0, 0.1) is 5.92 Å². The van der Waals surface area contributed by atoms with Crippen LogP contribution in [-0.4, -0.2) is 24.1 Å². The zero-order valence-corrected chi connectivity index (χ0v) is 13.3. The van der Waals surface area contributed by atoms with Crippen molar-refractivity contribution in [3.63, 3.8) is 0 Å². The minimum absolute atomic E-state index is 0.136. The van der Waals surface area contributed by atoms with Crippen molar-refractivity contribution in [2.24, 2.45) is 5.92 Å². The summed E-state index contributed by atoms with van der Waals surface area (Å²) in [5.74, 6) is 1.72. The molecule has 1 rings (SSSR count). The number of nitrogens with one attached hydrogen (secondary N) is 1. The van der Waals surface area contributed by atoms with Gasteiger partial charge in [0.15, 0.2) is 0 Å². The van der Waals surface area contributed by atoms with Crippen molar-refractivity contribution in [3.05, 3.63) is 23.9 Å². The molecule has 0 saturated heterocycles. The van der Waals surface area contributed by atoms with Crippen molar-refractivity contribution in [3.8, 4) is 0 Å². The van der Waals surface area contributed by atoms with Gasteiger partial charge in [-0.05, 0) is 44.9 Å². The molecule has 3 heteroatoms. The largest absolute Gasteiger partial charge is 0.355 e. The summed E-state index contributed by atoms with van der Waals surface area (Å²) in [4.78, 5) is 7.01. The Balaban J connectivity index is 2.71. The van der Waals surface area contributed by atoms with Crippen molar-refractivity contribution in [1.82, 2.24) is 10.3 Å². The van der Waals surface area contributed by atoms with E-state index in [0.717, 1.165) is 31.0 Å². The molecule has 0 fully saturated rings. The molecule has 3 nitrogen and oxygen atoms in total. The Morgan fingerprint density at radius 1 is 1.32 bits per heavy atom. The number of hydrogen-bond acceptors (Lipinski definition) is 3. The van der Waals surface area contributed by atoms with Crippen LogP contribution in [0.2, 0.25) is 0 Å². The third kappa shape index (κ3) is 4.83. The molecule has 0 spiro atoms. The van der Waals surface area contributed by atoms with Crippen LogP contribution in [0.1, 0.15) is 46.7 Å². The van der Waals surface area contributed by atoms with Gasteiger partial charge in [-0.2, -0.15) is 0 Å². The zero-order valence-electron chi connectivity index (χ0n) is 13.3. The van der Waals surface area contributed by atoms with E-state index >= 15 is 0 Å². The molecule has 0 atom stereocenters. The van der Waals surface area contributed by atoms with Crippen LogP contribution in [0.4, 0.5) is 5.82 Å². The summed E-state index contributed by atoms with van der Waals surface area (Å²) >= 11 is 0. The van der Waals surface area contributed by atoms with Crippen molar-refractivity contribution < 1.29 is 0 Å². The summed E-state index contributed by atoms with van der Waals surface area (Å²) in [6.07, 6.45) is 1.10. The average molecular weight is 263 g/mol. The van der Waals surface area contributed by atoms with Gasteiger partial charge in [0.1, 0.15) is 5.82 Å². The smallest absolute Gasteiger partial charge is 0.129 e. The van der Waals surface area contributed by atoms with Crippen LogP contribution in [0.5, 0.6) is 0 Å². The van der Waals surface area contributed by atoms with E-state index in [0.29, 0.717) is 5.92 Å². The average Bonchev–Trinajstić information content (AvgIpc) is 2.37. The second kappa shape index (κ2) is 6.90. The fourth-order valence-electron chi connectivity index (χ4n) is 1.79. The molecular weight excluding hydrogens is 234 g/mol. The Morgan fingerprint density at radius 2 is 2.00 bits per heavy atom. The zero-order chi connectivity index (χ0) is 14.5. The van der Waals surface area contributed by atoms with Crippen LogP contribution in [-0.2, 0) is 6.54 Å². The maximum atomic E-state index is 4.75. The van der Waals surface area contributed by atoms with Crippen LogP contribution in [0.15, 0.2) is 18.2 Å². The molecule has 0 aliphatic rings. The highest BCUT2D eigenvalue weighted by Gasteiger charge is 2.22. The molecule has 1 aromatic heterocycles. The predicted octanol–water partition coefficient (Wildman–Crippen LogP) is 3.45. The lowest BCUT2D eigenvalue weighted by Gasteiger charge is -2.36. The third-order valence-electron chi connectivity index (χ3n) is 3.77. The van der Waals surface area contributed by atoms with Crippen LogP contribution in [0.25, 0.3) is 0 Å². The van der Waals surface area contributed by atoms with E-state index in [-0.39, 0.29) is 5.54 Å². The van der Waals surface area contributed by atoms with Crippen molar-refractivity contribution in [2.75, 3.05) is 18.5 Å². The topological polar surface area (TPSA) is 28.2 Å². The predicted molar refractivity (Wildman–Crippen MR) is 83.6 cm³/mol. The summed E-state index contributed by atoms with van der Waals surface area (Å²) in [6.45, 7) is 13.0. The quantitative estimate of drug-likeness (QED) is 0.816. The lowest BCUT2D eigenvalue weighted by molar-refractivity contribution is 0.466. The molecule has 0 aliphatic heterocycles. The number of rotatable bonds is 7. The van der Waals surface area contributed by atoms with Gasteiger partial charge >= 0.3 is 0 Å². The van der Waals surface area contributed by atoms with Crippen LogP contribution < -0.4 is 10.2 Å². The molecule has 0 bridgehead atoms. The maximum Gasteiger partial charge on any atom is 0.129 e. The van der Waals surface area contributed by atoms with E-state index in [9.17, 15) is 0 Å². The SMILES string of the molecule is CCC(C)(C)N(C)c1cccc(CNCC(C)C)n1. The molecular formula is C16H29N3. The van der Waals surface area contributed by atoms with Crippen molar-refractivity contribution in [2.45, 2.75) is 53.1 Å². The van der Waals surface area contributed by atoms with Crippen LogP contribution >= 0.6 is 0 Å². The number of nitrogens with zero attached hydrogens (tertiary/aromatic N) is 2. The van der Waals surface area contributed by atoms with Gasteiger partial charge in [0, 0.05) is 19.1 Å². The molecule has 1 aromatic rings. The monoisotopic (exact) mass is 263 g/mol. The lowest BCUT2D eigenvalue weighted by atomic mass is 10.00. The van der Waals surface area contributed by atoms with E-state index in [1.165, 1.54) is 0 Å². The summed E-state index contributed by atoms with van der Waals surface area (Å²) < 4.78 is 0. The van der Waals surface area contributed by atoms with Crippen molar-refractivity contribution >= 4 is 5.82 Å². The summed E-state index contributed by atoms with van der Waals surface area (Å²) in [7, 11) is 2.12. The molecule has 0 radical (unpaired) electrons. The highest BCUT2D eigenvalue weighted by Crippen LogP contribution is 2.22. The van der Waals surface area contributed by atoms with Gasteiger partial charge in [-0.25, -0.2) is 4.98 Å². The summed E-state index contributed by atoms with van der Waals surface area (Å²) in [6, 6.07) is 6.27. The number of anilines is 1. The fraction of sp³-hybridized carbons (Fsp3) is 0.688. The standard InChI is InChI=1S/C16H29N3/c1-7-16(4,5)19(6)15-10-8-9-14(18-15)12-17-11-13(2)3/h8-10,13,17H,7,11-12H2,1-6H3. The molecule has 0 aliphatic carbocycles. The highest BCUT2D eigenvalue weighted by molar-refractivity contribution is 5.41. The Morgan fingerprint density at radius 3 is 2.58 bits per heavy atom. The maximum absolute atomic E-state index is 4.75. The first-order valence-corrected chi connectivity index (χ1v) is 7.27. The summed E-state index contributed by atoms with van der Waals surface area (Å²) in [5.41, 5.74) is 1.24. The van der Waals surface area contributed by atoms with Gasteiger partial charge in [0.05, 0.1) is 5.69 Å². The third-order valence-corrected chi connectivity index (χ3v) is 3.77. The molecule has 19 heavy (non-hydrogen) atoms. The van der Waals surface area contributed by atoms with E-state index in [1.54, 1.807) is 0 Å². The number of hydrogen-bond donors (Lipinski definition) is 1. The Bertz CT molecular complexity index is 385. The second-order valence-corrected chi connectivity index (χ2v) is 6.24. The van der Waals surface area contributed by atoms with E-state index in [1.807, 2.05) is 0 Å². The molecule has 0 unspecified atom stereocenters. The Labute approximate surface area is 118 Å². The number of aromatic nitrogens is 1. The fourth-order valence-corrected chi connectivity index (χ4v) is 1.79. The van der Waals surface area contributed by atoms with Gasteiger partial charge in [-0.3, -0.25) is 0 Å². The first-order valence-electron chi connectivity index (χ1n) is 7.27. The van der Waals surface area contributed by atoms with Gasteiger partial charge in [-0.1, -0.05) is 26.8 Å². The van der Waals surface area contributed by atoms with Gasteiger partial charge < -0.3 is 10.2 Å². The molecule has 0 aromatic carbocycles. The number of pyridine rings is 1. The van der Waals surface area contributed by atoms with Gasteiger partial charge in [-0.15, -0.1) is 0 Å². The minimum Gasteiger partial charge on any atom is -0.355 e. The lowest BCUT2D eigenvalue weighted by Crippen LogP contribution is -2.41. The first kappa shape index (κ1) is 16.0. The molecule has 0 amide bonds. The summed E-state index contributed by atoms with van der Waals surface area (Å²) in [5, 5.41) is 3.44. The van der Waals surface area contributed by atoms with Gasteiger partial charge in [0.2, 0.25) is 0 Å². The van der Waals surface area contributed by atoms with Gasteiger partial charge in [0.25, 0.3) is 0 Å². The second-order valence-electron chi connectivity index (χ2n) is 6.24. The minimum atomic E-state index is 0.136. The molecule has 1 N–H and O–H groups in total. The molecule has 1 heterocycles.